The molecule has 0 radical (unpaired) electrons. The molecule has 0 amide bonds. The topological polar surface area (TPSA) is 18.5 Å². The Morgan fingerprint density at radius 2 is 1.20 bits per heavy atom. The predicted octanol–water partition coefficient (Wildman–Crippen LogP) is 1.22. The molecule has 2 nitrogen and oxygen atoms in total. The van der Waals surface area contributed by atoms with Crippen molar-refractivity contribution in [3.63, 3.8) is 0 Å². The van der Waals surface area contributed by atoms with Crippen molar-refractivity contribution in [2.24, 2.45) is 0 Å². The van der Waals surface area contributed by atoms with E-state index in [2.05, 4.69) is 9.47 Å². The summed E-state index contributed by atoms with van der Waals surface area (Å²) in [6.07, 6.45) is 0. The second-order valence-electron chi connectivity index (χ2n) is 0.879. The number of hydrogen-bond donors (Lipinski definition) is 0. The van der Waals surface area contributed by atoms with Gasteiger partial charge in [0.1, 0.15) is 0 Å². The molecule has 0 aromatic heterocycles. The molecule has 1 heterocycles. The zero-order chi connectivity index (χ0) is 5.28. The Morgan fingerprint density at radius 1 is 0.900 bits per heavy atom. The first-order valence-corrected chi connectivity index (χ1v) is 1.51. The summed E-state index contributed by atoms with van der Waals surface area (Å²) in [4.78, 5) is 0. The average Bonchev–Trinajstić information content (AvgIpc) is 1.91. The normalized spacial score (nSPS) is 13.4. The van der Waals surface area contributed by atoms with Crippen LogP contribution in [-0.2, 0) is 9.47 Å². The summed E-state index contributed by atoms with van der Waals surface area (Å²) in [7, 11) is 0. The average molecular weight is 908 g/mol. The van der Waals surface area contributed by atoms with Crippen LogP contribution in [0.2, 0.25) is 0 Å². The molecular weight excluding hydrogens is 907 g/mol. The van der Waals surface area contributed by atoms with E-state index in [0.29, 0.717) is 6.79 Å². The van der Waals surface area contributed by atoms with Gasteiger partial charge in [-0.3, -0.25) is 0 Å². The van der Waals surface area contributed by atoms with Gasteiger partial charge in [0.2, 0.25) is 0 Å². The smallest absolute Gasteiger partial charge is 0.315 e. The largest absolute Gasteiger partial charge is 0.598 e. The van der Waals surface area contributed by atoms with Gasteiger partial charge >= 0.3 is 12.0 Å². The fraction of sp³-hybridized carbons (Fsp3) is 0. The van der Waals surface area contributed by atoms with Crippen molar-refractivity contribution < 1.29 is 18.3 Å². The van der Waals surface area contributed by atoms with Crippen LogP contribution in [0.15, 0.2) is 12.0 Å². The molecule has 7 heteroatoms. The summed E-state index contributed by atoms with van der Waals surface area (Å²) in [6.45, 7) is 0.574. The summed E-state index contributed by atoms with van der Waals surface area (Å²) in [5.74, 6) is 0. The Kier molecular flexibility index (Phi) is 5.55. The van der Waals surface area contributed by atoms with Crippen LogP contribution < -0.4 is 0 Å². The van der Waals surface area contributed by atoms with E-state index >= 15 is 0 Å². The quantitative estimate of drug-likeness (QED) is 0.341. The minimum absolute atomic E-state index is 0. The maximum atomic E-state index is 11.4. The van der Waals surface area contributed by atoms with Gasteiger partial charge in [0, 0.05) is 6.79 Å². The first-order chi connectivity index (χ1) is 3.30. The van der Waals surface area contributed by atoms with Gasteiger partial charge in [-0.1, -0.05) is 0 Å². The SMILES string of the molecule is FC1=C(F)O[CH-]O1.[Rf].[Rf].[Rf]. The van der Waals surface area contributed by atoms with Gasteiger partial charge in [-0.15, -0.1) is 0 Å². The van der Waals surface area contributed by atoms with Crippen molar-refractivity contribution in [2.75, 3.05) is 0 Å². The van der Waals surface area contributed by atoms with Crippen molar-refractivity contribution in [3.8, 4) is 0 Å². The third-order valence-electron chi connectivity index (χ3n) is 0.458. The number of hydrogen-bond acceptors (Lipinski definition) is 2. The predicted molar refractivity (Wildman–Crippen MR) is 15.7 cm³/mol. The van der Waals surface area contributed by atoms with Gasteiger partial charge in [0.15, 0.2) is 0 Å². The molecule has 0 fully saturated rings. The maximum absolute atomic E-state index is 11.4. The second-order valence-corrected chi connectivity index (χ2v) is 0.879. The van der Waals surface area contributed by atoms with Crippen LogP contribution in [0.1, 0.15) is 0 Å². The molecule has 0 atom stereocenters. The minimum atomic E-state index is -1.32. The van der Waals surface area contributed by atoms with Crippen molar-refractivity contribution in [1.82, 2.24) is 0 Å². The van der Waals surface area contributed by atoms with Gasteiger partial charge in [0.05, 0.1) is 0 Å². The zero-order valence-electron chi connectivity index (χ0n) is 5.27. The van der Waals surface area contributed by atoms with E-state index < -0.39 is 12.0 Å². The van der Waals surface area contributed by atoms with Crippen molar-refractivity contribution in [1.29, 1.82) is 0 Å². The molecule has 1 aliphatic rings. The molecular formula is C3HF2O2Rf3-. The molecule has 0 bridgehead atoms. The first kappa shape index (κ1) is 16.4. The summed E-state index contributed by atoms with van der Waals surface area (Å²) in [6, 6.07) is -2.64. The molecule has 0 saturated carbocycles. The third-order valence-corrected chi connectivity index (χ3v) is 0.458. The zero-order valence-corrected chi connectivity index (χ0v) is 24.5. The molecule has 10 heavy (non-hydrogen) atoms. The van der Waals surface area contributed by atoms with Crippen LogP contribution in [0, 0.1) is 6.79 Å². The summed E-state index contributed by atoms with van der Waals surface area (Å²) in [5, 5.41) is 0. The molecule has 0 N–H and O–H groups in total. The van der Waals surface area contributed by atoms with Crippen LogP contribution >= 0.6 is 0 Å². The molecule has 0 spiro atoms. The van der Waals surface area contributed by atoms with E-state index in [9.17, 15) is 8.78 Å². The van der Waals surface area contributed by atoms with Gasteiger partial charge < -0.3 is 9.47 Å². The number of rotatable bonds is 0. The van der Waals surface area contributed by atoms with E-state index in [-0.39, 0.29) is 0 Å². The molecule has 0 aromatic carbocycles. The van der Waals surface area contributed by atoms with Crippen LogP contribution in [0.5, 0.6) is 0 Å². The molecule has 1 rings (SSSR count). The van der Waals surface area contributed by atoms with Crippen LogP contribution in [0.3, 0.4) is 0 Å². The van der Waals surface area contributed by atoms with E-state index in [1.165, 1.54) is 0 Å². The number of halogens is 2. The van der Waals surface area contributed by atoms with E-state index in [0.717, 1.165) is 0 Å². The number of ether oxygens (including phenoxy) is 2. The maximum Gasteiger partial charge on any atom is 0.315 e. The molecule has 0 aromatic rings. The molecule has 0 aliphatic carbocycles. The molecule has 1 aliphatic heterocycles. The van der Waals surface area contributed by atoms with E-state index in [4.69, 9.17) is 0 Å². The fourth-order valence-electron chi connectivity index (χ4n) is 0.201. The monoisotopic (exact) mass is 908 g/mol. The van der Waals surface area contributed by atoms with E-state index in [1.807, 2.05) is 0 Å². The van der Waals surface area contributed by atoms with Crippen molar-refractivity contribution in [2.45, 2.75) is 0 Å². The minimum Gasteiger partial charge on any atom is -0.598 e. The van der Waals surface area contributed by atoms with Gasteiger partial charge in [0.25, 0.3) is 0 Å². The standard InChI is InChI=1S/C3HF2O2.3Rf/c4-2-3(5)7-1-6-2;;;/h1H;;;/q-1;;;. The molecule has 0 saturated heterocycles. The van der Waals surface area contributed by atoms with Crippen LogP contribution in [-0.4, -0.2) is 0 Å². The Hall–Kier alpha value is -3.80. The Bertz CT molecular complexity index is 106. The van der Waals surface area contributed by atoms with Crippen molar-refractivity contribution >= 4 is 0 Å². The van der Waals surface area contributed by atoms with Gasteiger partial charge in [-0.05, 0) is 0 Å². The Balaban J connectivity index is -0.000000163. The van der Waals surface area contributed by atoms with Gasteiger partial charge in [-0.2, -0.15) is 8.78 Å². The van der Waals surface area contributed by atoms with Crippen molar-refractivity contribution in [3.05, 3.63) is 18.8 Å². The summed E-state index contributed by atoms with van der Waals surface area (Å²) < 4.78 is 30.4. The van der Waals surface area contributed by atoms with Gasteiger partial charge in [-0.25, -0.2) is 0 Å². The second kappa shape index (κ2) is 3.39. The summed E-state index contributed by atoms with van der Waals surface area (Å²) in [5.41, 5.74) is 0. The van der Waals surface area contributed by atoms with Crippen LogP contribution in [0.4, 0.5) is 8.78 Å². The first-order valence-electron chi connectivity index (χ1n) is 1.51. The third kappa shape index (κ3) is 1.12. The summed E-state index contributed by atoms with van der Waals surface area (Å²) >= 11 is 0. The molecule has 46 valence electrons. The fourth-order valence-corrected chi connectivity index (χ4v) is 0.201. The van der Waals surface area contributed by atoms with Crippen LogP contribution in [0.25, 0.3) is 0 Å². The van der Waals surface area contributed by atoms with E-state index in [1.54, 1.807) is 0 Å². The Labute approximate surface area is 38.3 Å². The Morgan fingerprint density at radius 3 is 1.30 bits per heavy atom. The molecule has 0 unspecified atom stereocenters.